The summed E-state index contributed by atoms with van der Waals surface area (Å²) in [5.41, 5.74) is 6.84. The topological polar surface area (TPSA) is 88.1 Å². The van der Waals surface area contributed by atoms with Gasteiger partial charge in [-0.25, -0.2) is 9.88 Å². The number of hydrogen-bond acceptors (Lipinski definition) is 6. The third-order valence-corrected chi connectivity index (χ3v) is 6.80. The van der Waals surface area contributed by atoms with Crippen LogP contribution in [0.25, 0.3) is 28.1 Å². The van der Waals surface area contributed by atoms with Crippen molar-refractivity contribution in [3.8, 4) is 22.5 Å². The minimum Gasteiger partial charge on any atom is -0.329 e. The van der Waals surface area contributed by atoms with Gasteiger partial charge in [0.05, 0.1) is 11.3 Å². The fourth-order valence-corrected chi connectivity index (χ4v) is 4.88. The van der Waals surface area contributed by atoms with Crippen LogP contribution in [0.15, 0.2) is 109 Å². The quantitative estimate of drug-likeness (QED) is 0.210. The van der Waals surface area contributed by atoms with Crippen LogP contribution in [0.3, 0.4) is 0 Å². The van der Waals surface area contributed by atoms with Crippen LogP contribution in [0.1, 0.15) is 27.0 Å². The van der Waals surface area contributed by atoms with E-state index in [1.807, 2.05) is 86.6 Å². The molecule has 5 aromatic rings. The van der Waals surface area contributed by atoms with E-state index in [0.717, 1.165) is 22.3 Å². The van der Waals surface area contributed by atoms with Gasteiger partial charge < -0.3 is 5.32 Å². The Labute approximate surface area is 231 Å². The van der Waals surface area contributed by atoms with E-state index < -0.39 is 5.91 Å². The first-order valence-electron chi connectivity index (χ1n) is 12.9. The van der Waals surface area contributed by atoms with Gasteiger partial charge in [-0.3, -0.25) is 9.59 Å². The second-order valence-corrected chi connectivity index (χ2v) is 9.55. The summed E-state index contributed by atoms with van der Waals surface area (Å²) in [5.74, 6) is -0.562. The number of hydrogen-bond donors (Lipinski definition) is 1. The molecule has 4 aromatic carbocycles. The van der Waals surface area contributed by atoms with Gasteiger partial charge in [-0.2, -0.15) is 0 Å². The van der Waals surface area contributed by atoms with Crippen LogP contribution in [-0.4, -0.2) is 27.0 Å². The molecule has 0 bridgehead atoms. The average Bonchev–Trinajstić information content (AvgIpc) is 2.99. The van der Waals surface area contributed by atoms with Crippen molar-refractivity contribution in [3.63, 3.8) is 0 Å². The molecule has 0 aliphatic carbocycles. The highest BCUT2D eigenvalue weighted by Gasteiger charge is 2.36. The lowest BCUT2D eigenvalue weighted by molar-refractivity contribution is -0.112. The number of aromatic nitrogens is 3. The maximum Gasteiger partial charge on any atom is 0.267 e. The largest absolute Gasteiger partial charge is 0.329 e. The minimum absolute atomic E-state index is 0.228. The van der Waals surface area contributed by atoms with E-state index in [2.05, 4.69) is 15.5 Å². The van der Waals surface area contributed by atoms with Crippen LogP contribution in [0.5, 0.6) is 0 Å². The molecule has 2 amide bonds. The number of nitrogens with zero attached hydrogens (tertiary/aromatic N) is 4. The fourth-order valence-electron chi connectivity index (χ4n) is 4.88. The van der Waals surface area contributed by atoms with Gasteiger partial charge in [-0.15, -0.1) is 10.2 Å². The molecule has 7 heteroatoms. The number of nitrogens with one attached hydrogen (secondary N) is 1. The van der Waals surface area contributed by atoms with Crippen molar-refractivity contribution in [2.45, 2.75) is 13.8 Å². The summed E-state index contributed by atoms with van der Waals surface area (Å²) in [6.45, 7) is 3.87. The molecule has 1 N–H and O–H groups in total. The van der Waals surface area contributed by atoms with Gasteiger partial charge in [-0.1, -0.05) is 96.6 Å². The van der Waals surface area contributed by atoms with Crippen LogP contribution in [0.2, 0.25) is 0 Å². The zero-order valence-electron chi connectivity index (χ0n) is 22.0. The molecule has 194 valence electrons. The molecule has 0 spiro atoms. The summed E-state index contributed by atoms with van der Waals surface area (Å²) in [6, 6.07) is 32.3. The third-order valence-electron chi connectivity index (χ3n) is 6.80. The van der Waals surface area contributed by atoms with E-state index >= 15 is 0 Å². The highest BCUT2D eigenvalue weighted by Crippen LogP contribution is 2.34. The summed E-state index contributed by atoms with van der Waals surface area (Å²) in [7, 11) is 0. The molecule has 1 aliphatic heterocycles. The lowest BCUT2D eigenvalue weighted by Crippen LogP contribution is -2.42. The first kappa shape index (κ1) is 24.9. The van der Waals surface area contributed by atoms with Gasteiger partial charge in [0.1, 0.15) is 11.4 Å². The predicted octanol–water partition coefficient (Wildman–Crippen LogP) is 6.46. The average molecular weight is 524 g/mol. The predicted molar refractivity (Wildman–Crippen MR) is 156 cm³/mol. The Morgan fingerprint density at radius 2 is 1.30 bits per heavy atom. The molecule has 0 unspecified atom stereocenters. The number of rotatable bonds is 5. The second kappa shape index (κ2) is 10.4. The van der Waals surface area contributed by atoms with Gasteiger partial charge in [0.15, 0.2) is 0 Å². The van der Waals surface area contributed by atoms with Crippen molar-refractivity contribution >= 4 is 29.0 Å². The van der Waals surface area contributed by atoms with Crippen molar-refractivity contribution in [3.05, 3.63) is 132 Å². The van der Waals surface area contributed by atoms with Crippen LogP contribution in [-0.2, 0) is 4.79 Å². The molecule has 1 aliphatic rings. The highest BCUT2D eigenvalue weighted by atomic mass is 16.2. The highest BCUT2D eigenvalue weighted by molar-refractivity contribution is 6.41. The number of fused-ring (bicyclic) bond motifs is 1. The Balaban J connectivity index is 1.42. The second-order valence-electron chi connectivity index (χ2n) is 9.55. The van der Waals surface area contributed by atoms with E-state index in [-0.39, 0.29) is 11.9 Å². The van der Waals surface area contributed by atoms with E-state index in [9.17, 15) is 9.59 Å². The first-order valence-corrected chi connectivity index (χ1v) is 12.9. The zero-order valence-corrected chi connectivity index (χ0v) is 22.0. The number of carbonyl (C=O) groups excluding carboxylic acids is 2. The first-order chi connectivity index (χ1) is 19.5. The lowest BCUT2D eigenvalue weighted by Gasteiger charge is -2.29. The Morgan fingerprint density at radius 3 is 1.98 bits per heavy atom. The molecule has 0 radical (unpaired) electrons. The molecule has 40 heavy (non-hydrogen) atoms. The molecule has 0 fully saturated rings. The summed E-state index contributed by atoms with van der Waals surface area (Å²) < 4.78 is 0. The maximum atomic E-state index is 13.8. The molecule has 6 rings (SSSR count). The molecular formula is C33H25N5O2. The van der Waals surface area contributed by atoms with Gasteiger partial charge in [-0.05, 0) is 31.5 Å². The Morgan fingerprint density at radius 1 is 0.675 bits per heavy atom. The number of anilines is 2. The Hall–Kier alpha value is -5.43. The summed E-state index contributed by atoms with van der Waals surface area (Å²) >= 11 is 0. The molecule has 0 saturated carbocycles. The number of imide groups is 1. The third kappa shape index (κ3) is 4.54. The van der Waals surface area contributed by atoms with E-state index in [4.69, 9.17) is 4.98 Å². The molecule has 2 heterocycles. The Kier molecular flexibility index (Phi) is 6.46. The van der Waals surface area contributed by atoms with E-state index in [1.165, 1.54) is 4.90 Å². The molecule has 0 saturated heterocycles. The summed E-state index contributed by atoms with van der Waals surface area (Å²) in [6.07, 6.45) is 1.55. The van der Waals surface area contributed by atoms with Gasteiger partial charge in [0.2, 0.25) is 5.95 Å². The number of benzene rings is 4. The van der Waals surface area contributed by atoms with Crippen LogP contribution >= 0.6 is 0 Å². The van der Waals surface area contributed by atoms with Crippen molar-refractivity contribution in [2.24, 2.45) is 0 Å². The monoisotopic (exact) mass is 523 g/mol. The summed E-state index contributed by atoms with van der Waals surface area (Å²) in [5, 5.41) is 11.9. The smallest absolute Gasteiger partial charge is 0.267 e. The van der Waals surface area contributed by atoms with Crippen molar-refractivity contribution in [1.29, 1.82) is 0 Å². The van der Waals surface area contributed by atoms with Gasteiger partial charge >= 0.3 is 0 Å². The zero-order chi connectivity index (χ0) is 27.6. The molecule has 7 nitrogen and oxygen atoms in total. The van der Waals surface area contributed by atoms with Gasteiger partial charge in [0, 0.05) is 28.5 Å². The Bertz CT molecular complexity index is 1780. The number of amides is 2. The summed E-state index contributed by atoms with van der Waals surface area (Å²) in [4.78, 5) is 33.3. The van der Waals surface area contributed by atoms with Crippen LogP contribution in [0.4, 0.5) is 11.6 Å². The maximum absolute atomic E-state index is 13.8. The van der Waals surface area contributed by atoms with Crippen molar-refractivity contribution < 1.29 is 9.59 Å². The minimum atomic E-state index is -0.430. The number of carbonyl (C=O) groups is 2. The normalized spacial score (nSPS) is 13.8. The number of aryl methyl sites for hydroxylation is 2. The van der Waals surface area contributed by atoms with Crippen molar-refractivity contribution in [2.75, 3.05) is 10.2 Å². The van der Waals surface area contributed by atoms with E-state index in [0.29, 0.717) is 33.8 Å². The molecule has 0 atom stereocenters. The lowest BCUT2D eigenvalue weighted by atomic mass is 9.93. The SMILES string of the molecule is Cc1ccc(N2C(=O)/C(=C/Nc3nnc(-c4ccccc4)c(-c4ccccc4)n3)c3ccccc3C2=O)c(C)c1. The molecule has 1 aromatic heterocycles. The standard InChI is InChI=1S/C33H25N5O2/c1-21-17-18-28(22(2)19-21)38-31(39)26-16-10-9-15-25(26)27(32(38)40)20-34-33-35-29(23-11-5-3-6-12-23)30(36-37-33)24-13-7-4-8-14-24/h3-20H,1-2H3,(H,34,35,37)/b27-20+. The molecular weight excluding hydrogens is 498 g/mol. The van der Waals surface area contributed by atoms with Crippen LogP contribution in [0, 0.1) is 13.8 Å². The fraction of sp³-hybridized carbons (Fsp3) is 0.0606. The van der Waals surface area contributed by atoms with E-state index in [1.54, 1.807) is 36.5 Å². The van der Waals surface area contributed by atoms with Crippen molar-refractivity contribution in [1.82, 2.24) is 15.2 Å². The van der Waals surface area contributed by atoms with Gasteiger partial charge in [0.25, 0.3) is 11.8 Å². The van der Waals surface area contributed by atoms with Crippen LogP contribution < -0.4 is 10.2 Å².